The lowest BCUT2D eigenvalue weighted by Gasteiger charge is -2.38. The Hall–Kier alpha value is -2.63. The molecule has 2 aliphatic rings. The lowest BCUT2D eigenvalue weighted by Crippen LogP contribution is -2.51. The summed E-state index contributed by atoms with van der Waals surface area (Å²) in [7, 11) is 0. The molecule has 0 N–H and O–H groups in total. The fourth-order valence-electron chi connectivity index (χ4n) is 5.31. The number of piperazine rings is 1. The van der Waals surface area contributed by atoms with Crippen LogP contribution in [0.25, 0.3) is 6.08 Å². The van der Waals surface area contributed by atoms with Gasteiger partial charge in [0, 0.05) is 64.0 Å². The average Bonchev–Trinajstić information content (AvgIpc) is 2.91. The molecule has 35 heavy (non-hydrogen) atoms. The predicted octanol–water partition coefficient (Wildman–Crippen LogP) is 4.60. The second-order valence-corrected chi connectivity index (χ2v) is 9.83. The van der Waals surface area contributed by atoms with Crippen molar-refractivity contribution in [3.05, 3.63) is 71.8 Å². The molecule has 0 aliphatic carbocycles. The van der Waals surface area contributed by atoms with Crippen molar-refractivity contribution < 1.29 is 4.79 Å². The van der Waals surface area contributed by atoms with Gasteiger partial charge in [-0.1, -0.05) is 54.6 Å². The van der Waals surface area contributed by atoms with E-state index in [1.165, 1.54) is 16.8 Å². The molecule has 5 nitrogen and oxygen atoms in total. The van der Waals surface area contributed by atoms with E-state index >= 15 is 0 Å². The van der Waals surface area contributed by atoms with E-state index in [0.29, 0.717) is 5.91 Å². The highest BCUT2D eigenvalue weighted by atomic mass is 16.2. The second-order valence-electron chi connectivity index (χ2n) is 9.83. The van der Waals surface area contributed by atoms with E-state index in [2.05, 4.69) is 94.1 Å². The Balaban J connectivity index is 1.17. The fourth-order valence-corrected chi connectivity index (χ4v) is 5.31. The summed E-state index contributed by atoms with van der Waals surface area (Å²) < 4.78 is 0. The highest BCUT2D eigenvalue weighted by Crippen LogP contribution is 2.23. The summed E-state index contributed by atoms with van der Waals surface area (Å²) in [6.45, 7) is 14.1. The lowest BCUT2D eigenvalue weighted by atomic mass is 9.94. The van der Waals surface area contributed by atoms with Gasteiger partial charge in [-0.25, -0.2) is 0 Å². The number of likely N-dealkylation sites (tertiary alicyclic amines) is 1. The smallest absolute Gasteiger partial charge is 0.225 e. The molecule has 0 atom stereocenters. The van der Waals surface area contributed by atoms with E-state index in [-0.39, 0.29) is 5.92 Å². The Kier molecular flexibility index (Phi) is 9.38. The predicted molar refractivity (Wildman–Crippen MR) is 146 cm³/mol. The van der Waals surface area contributed by atoms with Crippen molar-refractivity contribution >= 4 is 17.7 Å². The number of carbonyl (C=O) groups excluding carboxylic acids is 1. The van der Waals surface area contributed by atoms with Crippen molar-refractivity contribution in [3.8, 4) is 0 Å². The Labute approximate surface area is 212 Å². The quantitative estimate of drug-likeness (QED) is 0.531. The zero-order valence-electron chi connectivity index (χ0n) is 21.6. The molecule has 2 aliphatic heterocycles. The molecule has 188 valence electrons. The summed E-state index contributed by atoms with van der Waals surface area (Å²) in [5, 5.41) is 0. The van der Waals surface area contributed by atoms with E-state index in [9.17, 15) is 4.79 Å². The van der Waals surface area contributed by atoms with Crippen LogP contribution in [0, 0.1) is 5.92 Å². The second kappa shape index (κ2) is 12.9. The van der Waals surface area contributed by atoms with Gasteiger partial charge in [-0.05, 0) is 63.0 Å². The van der Waals surface area contributed by atoms with Crippen LogP contribution in [-0.2, 0) is 11.3 Å². The van der Waals surface area contributed by atoms with E-state index in [4.69, 9.17) is 0 Å². The topological polar surface area (TPSA) is 30.0 Å². The van der Waals surface area contributed by atoms with Crippen LogP contribution >= 0.6 is 0 Å². The maximum absolute atomic E-state index is 13.2. The number of nitrogens with zero attached hydrogens (tertiary/aromatic N) is 4. The monoisotopic (exact) mass is 474 g/mol. The van der Waals surface area contributed by atoms with Crippen LogP contribution in [0.5, 0.6) is 0 Å². The lowest BCUT2D eigenvalue weighted by molar-refractivity contribution is -0.138. The number of carbonyl (C=O) groups is 1. The van der Waals surface area contributed by atoms with E-state index in [1.807, 2.05) is 6.07 Å². The van der Waals surface area contributed by atoms with Crippen molar-refractivity contribution in [1.29, 1.82) is 0 Å². The minimum atomic E-state index is 0.195. The normalized spacial score (nSPS) is 18.3. The fraction of sp³-hybridized carbons (Fsp3) is 0.500. The third kappa shape index (κ3) is 7.18. The summed E-state index contributed by atoms with van der Waals surface area (Å²) in [6, 6.07) is 19.5. The first-order valence-electron chi connectivity index (χ1n) is 13.4. The van der Waals surface area contributed by atoms with Gasteiger partial charge in [0.25, 0.3) is 0 Å². The molecule has 4 rings (SSSR count). The Morgan fingerprint density at radius 3 is 2.14 bits per heavy atom. The van der Waals surface area contributed by atoms with Gasteiger partial charge in [-0.15, -0.1) is 0 Å². The number of hydrogen-bond donors (Lipinski definition) is 0. The number of amides is 1. The Bertz CT molecular complexity index is 923. The highest BCUT2D eigenvalue weighted by molar-refractivity contribution is 5.79. The average molecular weight is 475 g/mol. The van der Waals surface area contributed by atoms with Gasteiger partial charge in [-0.2, -0.15) is 0 Å². The Morgan fingerprint density at radius 2 is 1.51 bits per heavy atom. The summed E-state index contributed by atoms with van der Waals surface area (Å²) in [4.78, 5) is 22.6. The minimum Gasteiger partial charge on any atom is -0.372 e. The van der Waals surface area contributed by atoms with Crippen LogP contribution in [0.15, 0.2) is 60.7 Å². The maximum Gasteiger partial charge on any atom is 0.225 e. The van der Waals surface area contributed by atoms with Crippen LogP contribution in [0.4, 0.5) is 5.69 Å². The van der Waals surface area contributed by atoms with Gasteiger partial charge in [0.2, 0.25) is 5.91 Å². The van der Waals surface area contributed by atoms with Crippen LogP contribution in [0.3, 0.4) is 0 Å². The molecular formula is C30H42N4O. The van der Waals surface area contributed by atoms with Crippen LogP contribution in [-0.4, -0.2) is 79.5 Å². The zero-order chi connectivity index (χ0) is 24.5. The molecule has 2 aromatic carbocycles. The van der Waals surface area contributed by atoms with Gasteiger partial charge < -0.3 is 9.80 Å². The summed E-state index contributed by atoms with van der Waals surface area (Å²) in [5.74, 6) is 0.577. The molecule has 0 bridgehead atoms. The van der Waals surface area contributed by atoms with Gasteiger partial charge in [0.05, 0.1) is 0 Å². The van der Waals surface area contributed by atoms with Gasteiger partial charge >= 0.3 is 0 Å². The van der Waals surface area contributed by atoms with Crippen molar-refractivity contribution in [2.24, 2.45) is 5.92 Å². The first-order valence-corrected chi connectivity index (χ1v) is 13.4. The molecule has 2 aromatic rings. The first-order chi connectivity index (χ1) is 17.2. The summed E-state index contributed by atoms with van der Waals surface area (Å²) in [5.41, 5.74) is 3.91. The number of anilines is 1. The van der Waals surface area contributed by atoms with Crippen LogP contribution < -0.4 is 4.90 Å². The molecule has 0 aromatic heterocycles. The van der Waals surface area contributed by atoms with Crippen molar-refractivity contribution in [1.82, 2.24) is 14.7 Å². The summed E-state index contributed by atoms with van der Waals surface area (Å²) in [6.07, 6.45) is 6.39. The number of benzene rings is 2. The molecule has 2 saturated heterocycles. The molecule has 1 amide bonds. The number of piperidine rings is 1. The van der Waals surface area contributed by atoms with Gasteiger partial charge in [-0.3, -0.25) is 14.6 Å². The molecule has 0 unspecified atom stereocenters. The van der Waals surface area contributed by atoms with Crippen LogP contribution in [0.1, 0.15) is 37.8 Å². The highest BCUT2D eigenvalue weighted by Gasteiger charge is 2.30. The minimum absolute atomic E-state index is 0.195. The first kappa shape index (κ1) is 25.5. The van der Waals surface area contributed by atoms with Gasteiger partial charge in [0.1, 0.15) is 0 Å². The molecule has 2 heterocycles. The molecular weight excluding hydrogens is 432 g/mol. The largest absolute Gasteiger partial charge is 0.372 e. The number of hydrogen-bond acceptors (Lipinski definition) is 4. The van der Waals surface area contributed by atoms with Crippen molar-refractivity contribution in [3.63, 3.8) is 0 Å². The Morgan fingerprint density at radius 1 is 0.857 bits per heavy atom. The van der Waals surface area contributed by atoms with E-state index in [0.717, 1.165) is 78.3 Å². The molecule has 5 heteroatoms. The number of rotatable bonds is 9. The maximum atomic E-state index is 13.2. The molecule has 0 radical (unpaired) electrons. The van der Waals surface area contributed by atoms with Gasteiger partial charge in [0.15, 0.2) is 0 Å². The van der Waals surface area contributed by atoms with E-state index < -0.39 is 0 Å². The summed E-state index contributed by atoms with van der Waals surface area (Å²) >= 11 is 0. The standard InChI is InChI=1S/C30H42N4O/c1-3-33(4-2)29-14-12-27(13-15-29)25-32-19-16-28(17-20-32)30(35)34-23-21-31(22-24-34)18-8-11-26-9-6-5-7-10-26/h5-15,28H,3-4,16-25H2,1-2H3. The third-order valence-electron chi connectivity index (χ3n) is 7.57. The third-order valence-corrected chi connectivity index (χ3v) is 7.57. The molecule has 2 fully saturated rings. The zero-order valence-corrected chi connectivity index (χ0v) is 21.6. The SMILES string of the molecule is CCN(CC)c1ccc(CN2CCC(C(=O)N3CCN(CC=Cc4ccccc4)CC3)CC2)cc1. The molecule has 0 saturated carbocycles. The van der Waals surface area contributed by atoms with Crippen LogP contribution in [0.2, 0.25) is 0 Å². The van der Waals surface area contributed by atoms with Crippen molar-refractivity contribution in [2.75, 3.05) is 63.8 Å². The van der Waals surface area contributed by atoms with Crippen molar-refractivity contribution in [2.45, 2.75) is 33.2 Å². The van der Waals surface area contributed by atoms with E-state index in [1.54, 1.807) is 0 Å². The molecule has 0 spiro atoms.